The lowest BCUT2D eigenvalue weighted by Gasteiger charge is -2.23. The topological polar surface area (TPSA) is 85.4 Å². The van der Waals surface area contributed by atoms with Gasteiger partial charge < -0.3 is 14.8 Å². The zero-order valence-corrected chi connectivity index (χ0v) is 12.3. The number of amides is 1. The summed E-state index contributed by atoms with van der Waals surface area (Å²) in [6, 6.07) is 1.57. The van der Waals surface area contributed by atoms with Crippen LogP contribution in [0.4, 0.5) is 5.95 Å². The Bertz CT molecular complexity index is 521. The first-order chi connectivity index (χ1) is 10.2. The smallest absolute Gasteiger partial charge is 0.236 e. The summed E-state index contributed by atoms with van der Waals surface area (Å²) >= 11 is 0. The average molecular weight is 292 g/mol. The molecule has 1 aliphatic carbocycles. The number of rotatable bonds is 4. The lowest BCUT2D eigenvalue weighted by atomic mass is 9.92. The fraction of sp³-hybridized carbons (Fsp3) is 0.643. The average Bonchev–Trinajstić information content (AvgIpc) is 3.20. The van der Waals surface area contributed by atoms with Gasteiger partial charge in [-0.05, 0) is 37.8 Å². The number of hydrogen-bond donors (Lipinski definition) is 2. The minimum Gasteiger partial charge on any atom is -0.481 e. The molecule has 1 aromatic rings. The van der Waals surface area contributed by atoms with E-state index in [1.165, 1.54) is 14.2 Å². The Morgan fingerprint density at radius 2 is 1.90 bits per heavy atom. The molecule has 3 rings (SSSR count). The second-order valence-corrected chi connectivity index (χ2v) is 5.63. The van der Waals surface area contributed by atoms with Crippen LogP contribution in [0.25, 0.3) is 0 Å². The van der Waals surface area contributed by atoms with Gasteiger partial charge in [-0.25, -0.2) is 0 Å². The second kappa shape index (κ2) is 5.48. The summed E-state index contributed by atoms with van der Waals surface area (Å²) in [4.78, 5) is 20.6. The summed E-state index contributed by atoms with van der Waals surface area (Å²) in [6.45, 7) is 1.99. The molecule has 114 valence electrons. The predicted octanol–water partition coefficient (Wildman–Crippen LogP) is 0.822. The van der Waals surface area contributed by atoms with Crippen molar-refractivity contribution in [1.82, 2.24) is 15.3 Å². The SMILES string of the molecule is COc1cc(OC)nc(NC(=O)C2CC23CCNCC3)n1. The number of nitrogens with zero attached hydrogens (tertiary/aromatic N) is 2. The zero-order valence-electron chi connectivity index (χ0n) is 12.3. The van der Waals surface area contributed by atoms with Crippen molar-refractivity contribution < 1.29 is 14.3 Å². The van der Waals surface area contributed by atoms with E-state index >= 15 is 0 Å². The molecule has 0 aromatic carbocycles. The highest BCUT2D eigenvalue weighted by atomic mass is 16.5. The minimum atomic E-state index is -0.00722. The molecule has 2 heterocycles. The molecule has 1 aliphatic heterocycles. The van der Waals surface area contributed by atoms with Gasteiger partial charge >= 0.3 is 0 Å². The van der Waals surface area contributed by atoms with E-state index in [1.54, 1.807) is 6.07 Å². The first-order valence-electron chi connectivity index (χ1n) is 7.15. The zero-order chi connectivity index (χ0) is 14.9. The van der Waals surface area contributed by atoms with Crippen LogP contribution in [0.1, 0.15) is 19.3 Å². The standard InChI is InChI=1S/C14H20N4O3/c1-20-10-7-11(21-2)17-13(16-10)18-12(19)9-8-14(9)3-5-15-6-4-14/h7,9,15H,3-6,8H2,1-2H3,(H,16,17,18,19). The summed E-state index contributed by atoms with van der Waals surface area (Å²) in [6.07, 6.45) is 3.09. The molecule has 1 saturated heterocycles. The maximum absolute atomic E-state index is 12.4. The summed E-state index contributed by atoms with van der Waals surface area (Å²) in [5.74, 6) is 1.02. The van der Waals surface area contributed by atoms with Gasteiger partial charge in [0, 0.05) is 5.92 Å². The van der Waals surface area contributed by atoms with Crippen molar-refractivity contribution in [2.45, 2.75) is 19.3 Å². The van der Waals surface area contributed by atoms with E-state index in [2.05, 4.69) is 20.6 Å². The number of carbonyl (C=O) groups is 1. The van der Waals surface area contributed by atoms with E-state index in [4.69, 9.17) is 9.47 Å². The van der Waals surface area contributed by atoms with Gasteiger partial charge in [0.15, 0.2) is 0 Å². The number of nitrogens with one attached hydrogen (secondary N) is 2. The van der Waals surface area contributed by atoms with Gasteiger partial charge in [0.05, 0.1) is 20.3 Å². The highest BCUT2D eigenvalue weighted by Gasteiger charge is 2.57. The summed E-state index contributed by atoms with van der Waals surface area (Å²) in [5.41, 5.74) is 0.193. The van der Waals surface area contributed by atoms with Crippen molar-refractivity contribution >= 4 is 11.9 Å². The van der Waals surface area contributed by atoms with Crippen LogP contribution in [0.5, 0.6) is 11.8 Å². The first kappa shape index (κ1) is 14.1. The van der Waals surface area contributed by atoms with Crippen LogP contribution in [0, 0.1) is 11.3 Å². The van der Waals surface area contributed by atoms with Crippen LogP contribution < -0.4 is 20.1 Å². The van der Waals surface area contributed by atoms with Gasteiger partial charge in [-0.1, -0.05) is 0 Å². The van der Waals surface area contributed by atoms with E-state index in [1.807, 2.05) is 0 Å². The summed E-state index contributed by atoms with van der Waals surface area (Å²) in [5, 5.41) is 6.11. The van der Waals surface area contributed by atoms with Crippen molar-refractivity contribution in [3.63, 3.8) is 0 Å². The predicted molar refractivity (Wildman–Crippen MR) is 76.4 cm³/mol. The monoisotopic (exact) mass is 292 g/mol. The van der Waals surface area contributed by atoms with Gasteiger partial charge in [-0.3, -0.25) is 10.1 Å². The molecule has 1 spiro atoms. The largest absolute Gasteiger partial charge is 0.481 e. The van der Waals surface area contributed by atoms with Crippen LogP contribution in [-0.4, -0.2) is 43.2 Å². The third-order valence-corrected chi connectivity index (χ3v) is 4.44. The Balaban J connectivity index is 1.68. The Morgan fingerprint density at radius 3 is 2.48 bits per heavy atom. The number of aromatic nitrogens is 2. The number of anilines is 1. The molecule has 2 aliphatic rings. The molecule has 1 aromatic heterocycles. The number of carbonyl (C=O) groups excluding carboxylic acids is 1. The number of piperidine rings is 1. The number of hydrogen-bond acceptors (Lipinski definition) is 6. The van der Waals surface area contributed by atoms with E-state index in [-0.39, 0.29) is 23.2 Å². The van der Waals surface area contributed by atoms with Crippen molar-refractivity contribution in [2.24, 2.45) is 11.3 Å². The Morgan fingerprint density at radius 1 is 1.29 bits per heavy atom. The third kappa shape index (κ3) is 2.78. The van der Waals surface area contributed by atoms with Crippen LogP contribution in [0.2, 0.25) is 0 Å². The molecule has 2 N–H and O–H groups in total. The first-order valence-corrected chi connectivity index (χ1v) is 7.15. The maximum Gasteiger partial charge on any atom is 0.236 e. The Kier molecular flexibility index (Phi) is 3.67. The Hall–Kier alpha value is -1.89. The third-order valence-electron chi connectivity index (χ3n) is 4.44. The second-order valence-electron chi connectivity index (χ2n) is 5.63. The molecule has 0 bridgehead atoms. The molecule has 7 heteroatoms. The maximum atomic E-state index is 12.4. The van der Waals surface area contributed by atoms with E-state index in [9.17, 15) is 4.79 Å². The van der Waals surface area contributed by atoms with Crippen molar-refractivity contribution in [2.75, 3.05) is 32.6 Å². The molecule has 7 nitrogen and oxygen atoms in total. The van der Waals surface area contributed by atoms with Gasteiger partial charge in [0.2, 0.25) is 23.6 Å². The molecular formula is C14H20N4O3. The van der Waals surface area contributed by atoms with Crippen LogP contribution >= 0.6 is 0 Å². The highest BCUT2D eigenvalue weighted by molar-refractivity contribution is 5.93. The van der Waals surface area contributed by atoms with Gasteiger partial charge in [0.1, 0.15) is 0 Å². The Labute approximate surface area is 123 Å². The number of methoxy groups -OCH3 is 2. The molecule has 1 amide bonds. The van der Waals surface area contributed by atoms with Crippen LogP contribution in [0.3, 0.4) is 0 Å². The lowest BCUT2D eigenvalue weighted by Crippen LogP contribution is -2.31. The van der Waals surface area contributed by atoms with E-state index < -0.39 is 0 Å². The minimum absolute atomic E-state index is 0.00722. The van der Waals surface area contributed by atoms with E-state index in [0.717, 1.165) is 32.4 Å². The molecule has 1 unspecified atom stereocenters. The van der Waals surface area contributed by atoms with Crippen molar-refractivity contribution in [3.8, 4) is 11.8 Å². The summed E-state index contributed by atoms with van der Waals surface area (Å²) in [7, 11) is 3.02. The van der Waals surface area contributed by atoms with Crippen molar-refractivity contribution in [3.05, 3.63) is 6.07 Å². The fourth-order valence-corrected chi connectivity index (χ4v) is 3.06. The lowest BCUT2D eigenvalue weighted by molar-refractivity contribution is -0.118. The summed E-state index contributed by atoms with van der Waals surface area (Å²) < 4.78 is 10.1. The van der Waals surface area contributed by atoms with Gasteiger partial charge in [0.25, 0.3) is 0 Å². The molecule has 1 saturated carbocycles. The van der Waals surface area contributed by atoms with E-state index in [0.29, 0.717) is 11.8 Å². The van der Waals surface area contributed by atoms with Crippen LogP contribution in [0.15, 0.2) is 6.07 Å². The molecule has 1 atom stereocenters. The molecule has 2 fully saturated rings. The molecule has 21 heavy (non-hydrogen) atoms. The van der Waals surface area contributed by atoms with Crippen molar-refractivity contribution in [1.29, 1.82) is 0 Å². The van der Waals surface area contributed by atoms with Gasteiger partial charge in [-0.2, -0.15) is 9.97 Å². The van der Waals surface area contributed by atoms with Crippen LogP contribution in [-0.2, 0) is 4.79 Å². The normalized spacial score (nSPS) is 22.7. The van der Waals surface area contributed by atoms with Gasteiger partial charge in [-0.15, -0.1) is 0 Å². The fourth-order valence-electron chi connectivity index (χ4n) is 3.06. The molecular weight excluding hydrogens is 272 g/mol. The highest BCUT2D eigenvalue weighted by Crippen LogP contribution is 2.58. The molecule has 0 radical (unpaired) electrons. The quantitative estimate of drug-likeness (QED) is 0.854. The number of ether oxygens (including phenoxy) is 2.